The molecule has 1 N–H and O–H groups in total. The number of ether oxygens (including phenoxy) is 1. The summed E-state index contributed by atoms with van der Waals surface area (Å²) in [6, 6.07) is 15.7. The molecule has 1 aliphatic heterocycles. The van der Waals surface area contributed by atoms with Crippen LogP contribution in [0, 0.1) is 0 Å². The van der Waals surface area contributed by atoms with Crippen molar-refractivity contribution >= 4 is 11.6 Å². The van der Waals surface area contributed by atoms with Gasteiger partial charge in [0.05, 0.1) is 18.2 Å². The fourth-order valence-corrected chi connectivity index (χ4v) is 4.03. The van der Waals surface area contributed by atoms with Crippen LogP contribution in [-0.4, -0.2) is 53.1 Å². The molecule has 1 aliphatic rings. The Hall–Kier alpha value is -3.28. The molecule has 6 nitrogen and oxygen atoms in total. The van der Waals surface area contributed by atoms with E-state index in [1.54, 1.807) is 19.5 Å². The fraction of sp³-hybridized carbons (Fsp3) is 0.304. The Morgan fingerprint density at radius 1 is 1.10 bits per heavy atom. The first-order valence-electron chi connectivity index (χ1n) is 9.79. The summed E-state index contributed by atoms with van der Waals surface area (Å²) in [4.78, 5) is 25.1. The lowest BCUT2D eigenvalue weighted by atomic mass is 9.96. The normalized spacial score (nSPS) is 16.0. The van der Waals surface area contributed by atoms with Gasteiger partial charge < -0.3 is 19.5 Å². The number of carbonyl (C=O) groups is 1. The molecular weight excluding hydrogens is 364 g/mol. The minimum atomic E-state index is -0.192. The number of amides is 1. The largest absolute Gasteiger partial charge is 0.497 e. The number of hydrogen-bond donors (Lipinski definition) is 1. The van der Waals surface area contributed by atoms with Crippen molar-refractivity contribution in [2.45, 2.75) is 19.4 Å². The van der Waals surface area contributed by atoms with Crippen LogP contribution in [0.5, 0.6) is 5.75 Å². The van der Waals surface area contributed by atoms with Crippen molar-refractivity contribution in [2.24, 2.45) is 0 Å². The zero-order valence-corrected chi connectivity index (χ0v) is 17.1. The molecule has 1 fully saturated rings. The van der Waals surface area contributed by atoms with Gasteiger partial charge in [0.1, 0.15) is 11.6 Å². The highest BCUT2D eigenvalue weighted by Gasteiger charge is 2.36. The molecule has 6 heteroatoms. The number of carbonyl (C=O) groups excluding carboxylic acids is 1. The van der Waals surface area contributed by atoms with Crippen molar-refractivity contribution in [3.63, 3.8) is 0 Å². The van der Waals surface area contributed by atoms with Crippen molar-refractivity contribution in [3.8, 4) is 17.1 Å². The van der Waals surface area contributed by atoms with Gasteiger partial charge in [0.2, 0.25) is 0 Å². The van der Waals surface area contributed by atoms with Gasteiger partial charge in [-0.15, -0.1) is 0 Å². The van der Waals surface area contributed by atoms with Crippen LogP contribution in [0.15, 0.2) is 60.9 Å². The van der Waals surface area contributed by atoms with Crippen LogP contribution in [0.1, 0.15) is 24.2 Å². The third-order valence-corrected chi connectivity index (χ3v) is 5.48. The van der Waals surface area contributed by atoms with E-state index in [9.17, 15) is 4.79 Å². The van der Waals surface area contributed by atoms with Crippen molar-refractivity contribution < 1.29 is 9.53 Å². The first-order chi connectivity index (χ1) is 14.0. The lowest BCUT2D eigenvalue weighted by molar-refractivity contribution is 0.0687. The molecule has 0 atom stereocenters. The SMILES string of the molecule is COc1ccc(N2CCN(C(=O)c3ccccc3-c3ncc[nH]3)CC2(C)C)cc1. The molecule has 4 rings (SSSR count). The molecule has 2 aromatic carbocycles. The van der Waals surface area contributed by atoms with E-state index in [4.69, 9.17) is 4.74 Å². The Morgan fingerprint density at radius 2 is 1.86 bits per heavy atom. The lowest BCUT2D eigenvalue weighted by Gasteiger charge is -2.48. The topological polar surface area (TPSA) is 61.5 Å². The van der Waals surface area contributed by atoms with Crippen LogP contribution in [-0.2, 0) is 0 Å². The van der Waals surface area contributed by atoms with Gasteiger partial charge in [0.15, 0.2) is 0 Å². The van der Waals surface area contributed by atoms with Gasteiger partial charge in [-0.2, -0.15) is 0 Å². The van der Waals surface area contributed by atoms with Crippen LogP contribution in [0.2, 0.25) is 0 Å². The molecular formula is C23H26N4O2. The number of methoxy groups -OCH3 is 1. The highest BCUT2D eigenvalue weighted by atomic mass is 16.5. The van der Waals surface area contributed by atoms with Crippen LogP contribution in [0.25, 0.3) is 11.4 Å². The number of rotatable bonds is 4. The first kappa shape index (κ1) is 19.1. The number of aromatic amines is 1. The molecule has 0 spiro atoms. The molecule has 0 bridgehead atoms. The third-order valence-electron chi connectivity index (χ3n) is 5.48. The van der Waals surface area contributed by atoms with Crippen LogP contribution in [0.4, 0.5) is 5.69 Å². The number of nitrogens with one attached hydrogen (secondary N) is 1. The lowest BCUT2D eigenvalue weighted by Crippen LogP contribution is -2.60. The van der Waals surface area contributed by atoms with E-state index < -0.39 is 0 Å². The zero-order chi connectivity index (χ0) is 20.4. The maximum atomic E-state index is 13.4. The monoisotopic (exact) mass is 390 g/mol. The van der Waals surface area contributed by atoms with Gasteiger partial charge in [-0.05, 0) is 44.2 Å². The molecule has 3 aromatic rings. The van der Waals surface area contributed by atoms with Crippen LogP contribution < -0.4 is 9.64 Å². The Bertz CT molecular complexity index is 980. The summed E-state index contributed by atoms with van der Waals surface area (Å²) in [7, 11) is 1.67. The number of imidazole rings is 1. The van der Waals surface area contributed by atoms with E-state index in [1.165, 1.54) is 0 Å². The Balaban J connectivity index is 1.56. The summed E-state index contributed by atoms with van der Waals surface area (Å²) in [5, 5.41) is 0. The van der Waals surface area contributed by atoms with E-state index in [0.29, 0.717) is 24.5 Å². The number of hydrogen-bond acceptors (Lipinski definition) is 4. The summed E-state index contributed by atoms with van der Waals surface area (Å²) in [6.45, 7) is 6.43. The summed E-state index contributed by atoms with van der Waals surface area (Å²) in [5.41, 5.74) is 2.45. The van der Waals surface area contributed by atoms with Crippen molar-refractivity contribution in [3.05, 3.63) is 66.5 Å². The predicted molar refractivity (Wildman–Crippen MR) is 114 cm³/mol. The van der Waals surface area contributed by atoms with E-state index >= 15 is 0 Å². The molecule has 1 aromatic heterocycles. The molecule has 0 radical (unpaired) electrons. The minimum Gasteiger partial charge on any atom is -0.497 e. The molecule has 1 amide bonds. The zero-order valence-electron chi connectivity index (χ0n) is 17.1. The minimum absolute atomic E-state index is 0.0412. The maximum Gasteiger partial charge on any atom is 0.254 e. The van der Waals surface area contributed by atoms with Crippen molar-refractivity contribution in [1.29, 1.82) is 0 Å². The van der Waals surface area contributed by atoms with Gasteiger partial charge in [-0.3, -0.25) is 4.79 Å². The van der Waals surface area contributed by atoms with Crippen molar-refractivity contribution in [2.75, 3.05) is 31.6 Å². The number of H-pyrrole nitrogens is 1. The van der Waals surface area contributed by atoms with E-state index in [1.807, 2.05) is 41.3 Å². The molecule has 1 saturated heterocycles. The fourth-order valence-electron chi connectivity index (χ4n) is 4.03. The molecule has 0 aliphatic carbocycles. The molecule has 2 heterocycles. The standard InChI is InChI=1S/C23H26N4O2/c1-23(2)16-26(14-15-27(23)17-8-10-18(29-3)11-9-17)22(28)20-7-5-4-6-19(20)21-24-12-13-25-21/h4-13H,14-16H2,1-3H3,(H,24,25). The number of nitrogens with zero attached hydrogens (tertiary/aromatic N) is 3. The number of piperazine rings is 1. The number of benzene rings is 2. The first-order valence-corrected chi connectivity index (χ1v) is 9.79. The highest BCUT2D eigenvalue weighted by molar-refractivity contribution is 6.00. The molecule has 150 valence electrons. The van der Waals surface area contributed by atoms with E-state index in [-0.39, 0.29) is 11.4 Å². The molecule has 29 heavy (non-hydrogen) atoms. The Kier molecular flexibility index (Phi) is 5.01. The summed E-state index contributed by atoms with van der Waals surface area (Å²) in [5.74, 6) is 1.60. The summed E-state index contributed by atoms with van der Waals surface area (Å²) < 4.78 is 5.27. The van der Waals surface area contributed by atoms with E-state index in [0.717, 1.165) is 23.5 Å². The van der Waals surface area contributed by atoms with E-state index in [2.05, 4.69) is 40.8 Å². The second-order valence-electron chi connectivity index (χ2n) is 7.87. The summed E-state index contributed by atoms with van der Waals surface area (Å²) in [6.07, 6.45) is 3.47. The average Bonchev–Trinajstić information content (AvgIpc) is 3.27. The van der Waals surface area contributed by atoms with Gasteiger partial charge in [-0.25, -0.2) is 4.98 Å². The van der Waals surface area contributed by atoms with Gasteiger partial charge in [0, 0.05) is 43.3 Å². The highest BCUT2D eigenvalue weighted by Crippen LogP contribution is 2.31. The number of aromatic nitrogens is 2. The quantitative estimate of drug-likeness (QED) is 0.736. The number of anilines is 1. The van der Waals surface area contributed by atoms with Crippen LogP contribution >= 0.6 is 0 Å². The second-order valence-corrected chi connectivity index (χ2v) is 7.87. The van der Waals surface area contributed by atoms with Gasteiger partial charge in [0.25, 0.3) is 5.91 Å². The second kappa shape index (κ2) is 7.62. The Morgan fingerprint density at radius 3 is 2.52 bits per heavy atom. The summed E-state index contributed by atoms with van der Waals surface area (Å²) >= 11 is 0. The average molecular weight is 390 g/mol. The predicted octanol–water partition coefficient (Wildman–Crippen LogP) is 3.83. The third kappa shape index (κ3) is 3.70. The smallest absolute Gasteiger partial charge is 0.254 e. The van der Waals surface area contributed by atoms with Gasteiger partial charge in [-0.1, -0.05) is 18.2 Å². The maximum absolute atomic E-state index is 13.4. The molecule has 0 saturated carbocycles. The van der Waals surface area contributed by atoms with Gasteiger partial charge >= 0.3 is 0 Å². The Labute approximate surface area is 171 Å². The van der Waals surface area contributed by atoms with Crippen molar-refractivity contribution in [1.82, 2.24) is 14.9 Å². The van der Waals surface area contributed by atoms with Crippen LogP contribution in [0.3, 0.4) is 0 Å². The molecule has 0 unspecified atom stereocenters.